The quantitative estimate of drug-likeness (QED) is 0.153. The van der Waals surface area contributed by atoms with Gasteiger partial charge in [-0.15, -0.1) is 0 Å². The molecular formula is C58H39NO. The first-order valence-electron chi connectivity index (χ1n) is 20.5. The lowest BCUT2D eigenvalue weighted by Gasteiger charge is -2.29. The third-order valence-corrected chi connectivity index (χ3v) is 11.7. The van der Waals surface area contributed by atoms with Gasteiger partial charge < -0.3 is 9.32 Å². The first-order chi connectivity index (χ1) is 29.8. The van der Waals surface area contributed by atoms with Gasteiger partial charge >= 0.3 is 0 Å². The molecule has 0 aliphatic carbocycles. The lowest BCUT2D eigenvalue weighted by Crippen LogP contribution is -2.11. The van der Waals surface area contributed by atoms with Crippen molar-refractivity contribution in [2.45, 2.75) is 0 Å². The molecule has 0 atom stereocenters. The Bertz CT molecular complexity index is 3280. The Morgan fingerprint density at radius 1 is 0.283 bits per heavy atom. The number of para-hydroxylation sites is 1. The van der Waals surface area contributed by atoms with Gasteiger partial charge in [0.2, 0.25) is 0 Å². The Kier molecular flexibility index (Phi) is 8.87. The highest BCUT2D eigenvalue weighted by Gasteiger charge is 2.20. The maximum atomic E-state index is 6.30. The second kappa shape index (κ2) is 15.1. The lowest BCUT2D eigenvalue weighted by molar-refractivity contribution is 0.631. The summed E-state index contributed by atoms with van der Waals surface area (Å²) in [5.41, 5.74) is 14.8. The molecular weight excluding hydrogens is 727 g/mol. The molecule has 0 aliphatic rings. The summed E-state index contributed by atoms with van der Waals surface area (Å²) >= 11 is 0. The van der Waals surface area contributed by atoms with Crippen LogP contribution in [0.5, 0.6) is 0 Å². The average molecular weight is 766 g/mol. The van der Waals surface area contributed by atoms with E-state index in [4.69, 9.17) is 4.42 Å². The van der Waals surface area contributed by atoms with Crippen molar-refractivity contribution in [2.75, 3.05) is 4.90 Å². The van der Waals surface area contributed by atoms with Crippen molar-refractivity contribution >= 4 is 49.6 Å². The molecule has 0 fully saturated rings. The number of benzene rings is 10. The Morgan fingerprint density at radius 3 is 1.57 bits per heavy atom. The van der Waals surface area contributed by atoms with Crippen molar-refractivity contribution in [3.8, 4) is 55.8 Å². The van der Waals surface area contributed by atoms with Crippen LogP contribution in [0.2, 0.25) is 0 Å². The topological polar surface area (TPSA) is 16.4 Å². The highest BCUT2D eigenvalue weighted by Crippen LogP contribution is 2.46. The highest BCUT2D eigenvalue weighted by molar-refractivity contribution is 6.09. The normalized spacial score (nSPS) is 11.3. The fraction of sp³-hybridized carbons (Fsp3) is 0. The third kappa shape index (κ3) is 6.32. The minimum Gasteiger partial charge on any atom is -0.456 e. The van der Waals surface area contributed by atoms with Crippen molar-refractivity contribution in [3.63, 3.8) is 0 Å². The Morgan fingerprint density at radius 2 is 0.817 bits per heavy atom. The van der Waals surface area contributed by atoms with E-state index in [1.54, 1.807) is 0 Å². The molecule has 0 saturated heterocycles. The van der Waals surface area contributed by atoms with Crippen molar-refractivity contribution in [1.29, 1.82) is 0 Å². The number of fused-ring (bicyclic) bond motifs is 3. The van der Waals surface area contributed by atoms with Crippen LogP contribution in [0.4, 0.5) is 17.1 Å². The highest BCUT2D eigenvalue weighted by atomic mass is 16.3. The molecule has 282 valence electrons. The molecule has 0 unspecified atom stereocenters. The standard InChI is InChI=1S/C58H39NO/c1-2-16-40(17-3-1)47-23-7-9-26-51(47)52-27-10-8-24-48(52)42-32-34-46(35-33-42)59(55-30-15-20-41-18-4-6-25-50(41)55)56-37-36-49(53-28-11-12-29-54(53)56)43-21-14-22-44(38-43)58-39-45-19-5-13-31-57(45)60-58/h1-39H. The van der Waals surface area contributed by atoms with Crippen LogP contribution >= 0.6 is 0 Å². The maximum Gasteiger partial charge on any atom is 0.135 e. The zero-order chi connectivity index (χ0) is 39.8. The molecule has 11 rings (SSSR count). The van der Waals surface area contributed by atoms with E-state index in [0.29, 0.717) is 0 Å². The number of furan rings is 1. The number of hydrogen-bond donors (Lipinski definition) is 0. The van der Waals surface area contributed by atoms with Crippen molar-refractivity contribution in [3.05, 3.63) is 237 Å². The molecule has 0 amide bonds. The predicted octanol–water partition coefficient (Wildman–Crippen LogP) is 16.5. The monoisotopic (exact) mass is 765 g/mol. The number of nitrogens with zero attached hydrogens (tertiary/aromatic N) is 1. The molecule has 2 nitrogen and oxygen atoms in total. The summed E-state index contributed by atoms with van der Waals surface area (Å²) in [5.74, 6) is 0.868. The van der Waals surface area contributed by atoms with Crippen LogP contribution in [0.1, 0.15) is 0 Å². The van der Waals surface area contributed by atoms with Crippen LogP contribution in [-0.4, -0.2) is 0 Å². The number of hydrogen-bond acceptors (Lipinski definition) is 2. The van der Waals surface area contributed by atoms with Gasteiger partial charge in [0.15, 0.2) is 0 Å². The Labute approximate surface area is 349 Å². The summed E-state index contributed by atoms with van der Waals surface area (Å²) in [4.78, 5) is 2.43. The Hall–Kier alpha value is -7.94. The molecule has 11 aromatic rings. The van der Waals surface area contributed by atoms with E-state index < -0.39 is 0 Å². The van der Waals surface area contributed by atoms with Gasteiger partial charge in [-0.3, -0.25) is 0 Å². The molecule has 0 N–H and O–H groups in total. The van der Waals surface area contributed by atoms with Crippen molar-refractivity contribution in [2.24, 2.45) is 0 Å². The molecule has 0 spiro atoms. The van der Waals surface area contributed by atoms with Crippen molar-refractivity contribution in [1.82, 2.24) is 0 Å². The molecule has 0 saturated carbocycles. The Balaban J connectivity index is 1.04. The van der Waals surface area contributed by atoms with Gasteiger partial charge in [0.1, 0.15) is 11.3 Å². The van der Waals surface area contributed by atoms with Crippen molar-refractivity contribution < 1.29 is 4.42 Å². The fourth-order valence-corrected chi connectivity index (χ4v) is 8.85. The largest absolute Gasteiger partial charge is 0.456 e. The summed E-state index contributed by atoms with van der Waals surface area (Å²) in [5, 5.41) is 5.85. The van der Waals surface area contributed by atoms with Gasteiger partial charge in [-0.05, 0) is 97.7 Å². The van der Waals surface area contributed by atoms with E-state index in [1.807, 2.05) is 18.2 Å². The van der Waals surface area contributed by atoms with Gasteiger partial charge in [-0.1, -0.05) is 194 Å². The summed E-state index contributed by atoms with van der Waals surface area (Å²) in [6.45, 7) is 0. The summed E-state index contributed by atoms with van der Waals surface area (Å²) in [7, 11) is 0. The third-order valence-electron chi connectivity index (χ3n) is 11.7. The van der Waals surface area contributed by atoms with E-state index in [2.05, 4.69) is 223 Å². The van der Waals surface area contributed by atoms with Gasteiger partial charge in [-0.2, -0.15) is 0 Å². The van der Waals surface area contributed by atoms with Crippen LogP contribution < -0.4 is 4.90 Å². The maximum absolute atomic E-state index is 6.30. The van der Waals surface area contributed by atoms with Crippen LogP contribution in [0.3, 0.4) is 0 Å². The molecule has 1 heterocycles. The summed E-state index contributed by atoms with van der Waals surface area (Å²) in [6.07, 6.45) is 0. The zero-order valence-electron chi connectivity index (χ0n) is 32.9. The fourth-order valence-electron chi connectivity index (χ4n) is 8.85. The number of rotatable bonds is 8. The molecule has 0 radical (unpaired) electrons. The average Bonchev–Trinajstić information content (AvgIpc) is 3.77. The number of anilines is 3. The van der Waals surface area contributed by atoms with Gasteiger partial charge in [-0.25, -0.2) is 0 Å². The molecule has 2 heteroatoms. The van der Waals surface area contributed by atoms with Gasteiger partial charge in [0.05, 0.1) is 11.4 Å². The minimum atomic E-state index is 0.868. The van der Waals surface area contributed by atoms with E-state index in [0.717, 1.165) is 44.9 Å². The molecule has 60 heavy (non-hydrogen) atoms. The first kappa shape index (κ1) is 35.2. The molecule has 0 aliphatic heterocycles. The van der Waals surface area contributed by atoms with Crippen LogP contribution in [-0.2, 0) is 0 Å². The summed E-state index contributed by atoms with van der Waals surface area (Å²) in [6, 6.07) is 84.9. The first-order valence-corrected chi connectivity index (χ1v) is 20.5. The summed E-state index contributed by atoms with van der Waals surface area (Å²) < 4.78 is 6.30. The van der Waals surface area contributed by atoms with Gasteiger partial charge in [0.25, 0.3) is 0 Å². The second-order valence-electron chi connectivity index (χ2n) is 15.2. The van der Waals surface area contributed by atoms with E-state index in [1.165, 1.54) is 60.5 Å². The molecule has 10 aromatic carbocycles. The molecule has 1 aromatic heterocycles. The van der Waals surface area contributed by atoms with E-state index >= 15 is 0 Å². The smallest absolute Gasteiger partial charge is 0.135 e. The SMILES string of the molecule is c1ccc(-c2ccccc2-c2ccccc2-c2ccc(N(c3cccc4ccccc34)c3ccc(-c4cccc(-c5cc6ccccc6o5)c4)c4ccccc34)cc2)cc1. The van der Waals surface area contributed by atoms with E-state index in [9.17, 15) is 0 Å². The zero-order valence-corrected chi connectivity index (χ0v) is 32.9. The minimum absolute atomic E-state index is 0.868. The lowest BCUT2D eigenvalue weighted by atomic mass is 9.89. The molecule has 0 bridgehead atoms. The van der Waals surface area contributed by atoms with Crippen LogP contribution in [0.25, 0.3) is 88.3 Å². The predicted molar refractivity (Wildman–Crippen MR) is 253 cm³/mol. The second-order valence-corrected chi connectivity index (χ2v) is 15.2. The van der Waals surface area contributed by atoms with Crippen LogP contribution in [0.15, 0.2) is 241 Å². The van der Waals surface area contributed by atoms with Gasteiger partial charge in [0, 0.05) is 27.4 Å². The van der Waals surface area contributed by atoms with Crippen LogP contribution in [0, 0.1) is 0 Å². The van der Waals surface area contributed by atoms with E-state index in [-0.39, 0.29) is 0 Å².